The van der Waals surface area contributed by atoms with E-state index in [1.165, 1.54) is 5.57 Å². The first-order valence-corrected chi connectivity index (χ1v) is 4.04. The van der Waals surface area contributed by atoms with Crippen LogP contribution in [0.15, 0.2) is 17.7 Å². The monoisotopic (exact) mass is 135 g/mol. The summed E-state index contributed by atoms with van der Waals surface area (Å²) in [7, 11) is 0. The largest absolute Gasteiger partial charge is 0.0735 e. The quantitative estimate of drug-likeness (QED) is 0.546. The highest BCUT2D eigenvalue weighted by Gasteiger charge is 2.11. The molecule has 0 N–H and O–H groups in total. The second kappa shape index (κ2) is 3.05. The number of allylic oxidation sites excluding steroid dienone is 4. The zero-order valence-corrected chi connectivity index (χ0v) is 7.02. The lowest BCUT2D eigenvalue weighted by Gasteiger charge is -2.07. The first-order valence-electron chi connectivity index (χ1n) is 4.04. The molecule has 1 unspecified atom stereocenters. The maximum absolute atomic E-state index is 3.34. The molecule has 0 heterocycles. The van der Waals surface area contributed by atoms with Crippen LogP contribution in [0, 0.1) is 17.9 Å². The summed E-state index contributed by atoms with van der Waals surface area (Å²) in [6.45, 7) is 6.66. The van der Waals surface area contributed by atoms with Gasteiger partial charge in [0.05, 0.1) is 0 Å². The van der Waals surface area contributed by atoms with Gasteiger partial charge in [-0.05, 0) is 18.4 Å². The number of hydrogen-bond donors (Lipinski definition) is 0. The average Bonchev–Trinajstić information content (AvgIpc) is 2.34. The molecule has 0 heteroatoms. The zero-order chi connectivity index (χ0) is 7.56. The van der Waals surface area contributed by atoms with Crippen molar-refractivity contribution in [2.75, 3.05) is 0 Å². The van der Waals surface area contributed by atoms with Crippen molar-refractivity contribution in [3.8, 4) is 0 Å². The second-order valence-corrected chi connectivity index (χ2v) is 3.18. The van der Waals surface area contributed by atoms with E-state index >= 15 is 0 Å². The number of rotatable bonds is 2. The van der Waals surface area contributed by atoms with Gasteiger partial charge in [-0.15, -0.1) is 0 Å². The normalized spacial score (nSPS) is 24.0. The van der Waals surface area contributed by atoms with Crippen LogP contribution in [0.3, 0.4) is 0 Å². The lowest BCUT2D eigenvalue weighted by Crippen LogP contribution is -1.99. The second-order valence-electron chi connectivity index (χ2n) is 3.18. The highest BCUT2D eigenvalue weighted by Crippen LogP contribution is 2.23. The van der Waals surface area contributed by atoms with Crippen molar-refractivity contribution in [1.29, 1.82) is 0 Å². The maximum Gasteiger partial charge on any atom is 0.00498 e. The summed E-state index contributed by atoms with van der Waals surface area (Å²) < 4.78 is 0. The molecule has 0 bridgehead atoms. The third kappa shape index (κ3) is 1.50. The van der Waals surface area contributed by atoms with Crippen molar-refractivity contribution in [3.63, 3.8) is 0 Å². The molecule has 1 radical (unpaired) electrons. The van der Waals surface area contributed by atoms with Gasteiger partial charge in [0.25, 0.3) is 0 Å². The summed E-state index contributed by atoms with van der Waals surface area (Å²) in [5.74, 6) is 1.29. The van der Waals surface area contributed by atoms with Crippen molar-refractivity contribution < 1.29 is 0 Å². The van der Waals surface area contributed by atoms with Gasteiger partial charge in [0, 0.05) is 5.92 Å². The summed E-state index contributed by atoms with van der Waals surface area (Å²) >= 11 is 0. The third-order valence-electron chi connectivity index (χ3n) is 1.98. The minimum absolute atomic E-state index is 0.579. The van der Waals surface area contributed by atoms with E-state index in [-0.39, 0.29) is 0 Å². The van der Waals surface area contributed by atoms with E-state index in [4.69, 9.17) is 0 Å². The molecule has 0 aromatic carbocycles. The first kappa shape index (κ1) is 7.59. The summed E-state index contributed by atoms with van der Waals surface area (Å²) in [6.07, 6.45) is 8.94. The van der Waals surface area contributed by atoms with Gasteiger partial charge in [0.15, 0.2) is 0 Å². The molecule has 0 aromatic heterocycles. The molecule has 0 nitrogen and oxygen atoms in total. The van der Waals surface area contributed by atoms with Crippen LogP contribution in [0.4, 0.5) is 0 Å². The van der Waals surface area contributed by atoms with Gasteiger partial charge in [0.1, 0.15) is 0 Å². The van der Waals surface area contributed by atoms with Gasteiger partial charge in [-0.2, -0.15) is 0 Å². The SMILES string of the molecule is CCC1=CC(C(C)C)[C]=C1. The van der Waals surface area contributed by atoms with Crippen LogP contribution < -0.4 is 0 Å². The van der Waals surface area contributed by atoms with Crippen LogP contribution in [0.2, 0.25) is 0 Å². The van der Waals surface area contributed by atoms with Crippen LogP contribution >= 0.6 is 0 Å². The number of hydrogen-bond acceptors (Lipinski definition) is 0. The van der Waals surface area contributed by atoms with E-state index in [9.17, 15) is 0 Å². The van der Waals surface area contributed by atoms with Gasteiger partial charge >= 0.3 is 0 Å². The maximum atomic E-state index is 3.34. The molecule has 0 aromatic rings. The van der Waals surface area contributed by atoms with Gasteiger partial charge in [-0.25, -0.2) is 0 Å². The Labute approximate surface area is 63.6 Å². The molecular weight excluding hydrogens is 120 g/mol. The first-order chi connectivity index (χ1) is 4.74. The highest BCUT2D eigenvalue weighted by molar-refractivity contribution is 5.25. The molecule has 1 atom stereocenters. The standard InChI is InChI=1S/C10H15/c1-4-9-5-6-10(7-9)8(2)3/h5,7-8,10H,4H2,1-3H3. The van der Waals surface area contributed by atoms with Crippen LogP contribution in [0.25, 0.3) is 0 Å². The Morgan fingerprint density at radius 1 is 1.60 bits per heavy atom. The fourth-order valence-electron chi connectivity index (χ4n) is 1.13. The Morgan fingerprint density at radius 2 is 2.30 bits per heavy atom. The van der Waals surface area contributed by atoms with E-state index in [2.05, 4.69) is 39.0 Å². The van der Waals surface area contributed by atoms with E-state index in [0.29, 0.717) is 11.8 Å². The van der Waals surface area contributed by atoms with E-state index in [1.807, 2.05) is 0 Å². The van der Waals surface area contributed by atoms with Crippen LogP contribution in [-0.2, 0) is 0 Å². The van der Waals surface area contributed by atoms with Crippen LogP contribution in [0.1, 0.15) is 27.2 Å². The molecular formula is C10H15. The molecule has 0 spiro atoms. The van der Waals surface area contributed by atoms with Crippen molar-refractivity contribution in [2.45, 2.75) is 27.2 Å². The Hall–Kier alpha value is -0.520. The smallest absolute Gasteiger partial charge is 0.00498 e. The molecule has 10 heavy (non-hydrogen) atoms. The molecule has 0 saturated heterocycles. The van der Waals surface area contributed by atoms with Crippen LogP contribution in [-0.4, -0.2) is 0 Å². The molecule has 1 aliphatic carbocycles. The molecule has 1 aliphatic rings. The Bertz CT molecular complexity index is 161. The van der Waals surface area contributed by atoms with Crippen molar-refractivity contribution in [2.24, 2.45) is 11.8 Å². The highest BCUT2D eigenvalue weighted by atomic mass is 14.2. The average molecular weight is 135 g/mol. The summed E-state index contributed by atoms with van der Waals surface area (Å²) in [6, 6.07) is 0. The van der Waals surface area contributed by atoms with Crippen molar-refractivity contribution in [3.05, 3.63) is 23.8 Å². The molecule has 0 fully saturated rings. The lowest BCUT2D eigenvalue weighted by atomic mass is 9.98. The molecule has 55 valence electrons. The molecule has 0 amide bonds. The van der Waals surface area contributed by atoms with E-state index in [0.717, 1.165) is 6.42 Å². The van der Waals surface area contributed by atoms with E-state index in [1.54, 1.807) is 0 Å². The summed E-state index contributed by atoms with van der Waals surface area (Å²) in [5.41, 5.74) is 1.44. The fraction of sp³-hybridized carbons (Fsp3) is 0.600. The zero-order valence-electron chi connectivity index (χ0n) is 7.02. The minimum atomic E-state index is 0.579. The van der Waals surface area contributed by atoms with Gasteiger partial charge in [-0.1, -0.05) is 38.5 Å². The third-order valence-corrected chi connectivity index (χ3v) is 1.98. The van der Waals surface area contributed by atoms with Crippen LogP contribution in [0.5, 0.6) is 0 Å². The minimum Gasteiger partial charge on any atom is -0.0735 e. The predicted octanol–water partition coefficient (Wildman–Crippen LogP) is 2.97. The Kier molecular flexibility index (Phi) is 2.31. The van der Waals surface area contributed by atoms with Gasteiger partial charge in [0.2, 0.25) is 0 Å². The molecule has 0 aliphatic heterocycles. The summed E-state index contributed by atoms with van der Waals surface area (Å²) in [4.78, 5) is 0. The molecule has 1 rings (SSSR count). The van der Waals surface area contributed by atoms with Crippen molar-refractivity contribution >= 4 is 0 Å². The van der Waals surface area contributed by atoms with Gasteiger partial charge < -0.3 is 0 Å². The van der Waals surface area contributed by atoms with Crippen molar-refractivity contribution in [1.82, 2.24) is 0 Å². The lowest BCUT2D eigenvalue weighted by molar-refractivity contribution is 0.543. The van der Waals surface area contributed by atoms with E-state index < -0.39 is 0 Å². The topological polar surface area (TPSA) is 0 Å². The predicted molar refractivity (Wildman–Crippen MR) is 44.5 cm³/mol. The molecule has 0 saturated carbocycles. The van der Waals surface area contributed by atoms with Gasteiger partial charge in [-0.3, -0.25) is 0 Å². The Balaban J connectivity index is 2.57. The Morgan fingerprint density at radius 3 is 2.60 bits per heavy atom. The fourth-order valence-corrected chi connectivity index (χ4v) is 1.13. The summed E-state index contributed by atoms with van der Waals surface area (Å²) in [5, 5.41) is 0.